The van der Waals surface area contributed by atoms with E-state index in [-0.39, 0.29) is 18.6 Å². The Morgan fingerprint density at radius 1 is 1.38 bits per heavy atom. The summed E-state index contributed by atoms with van der Waals surface area (Å²) in [6, 6.07) is 6.04. The van der Waals surface area contributed by atoms with Crippen molar-refractivity contribution in [3.63, 3.8) is 0 Å². The Kier molecular flexibility index (Phi) is 7.23. The number of hydrogen-bond donors (Lipinski definition) is 2. The van der Waals surface area contributed by atoms with Gasteiger partial charge in [-0.05, 0) is 45.7 Å². The minimum atomic E-state index is 0.0285. The van der Waals surface area contributed by atoms with E-state index >= 15 is 0 Å². The zero-order chi connectivity index (χ0) is 15.8. The SMILES string of the molecule is CCCNc1ccc(C)cc1C(=O)N(CCCO)C(C)C. The fraction of sp³-hybridized carbons (Fsp3) is 0.588. The first-order valence-electron chi connectivity index (χ1n) is 7.77. The molecular weight excluding hydrogens is 264 g/mol. The number of aliphatic hydroxyl groups excluding tert-OH is 1. The second-order valence-corrected chi connectivity index (χ2v) is 5.65. The van der Waals surface area contributed by atoms with Crippen LogP contribution in [0, 0.1) is 6.92 Å². The Bertz CT molecular complexity index is 458. The highest BCUT2D eigenvalue weighted by atomic mass is 16.3. The average molecular weight is 292 g/mol. The van der Waals surface area contributed by atoms with E-state index in [0.29, 0.717) is 13.0 Å². The van der Waals surface area contributed by atoms with Gasteiger partial charge in [0.25, 0.3) is 5.91 Å². The second kappa shape index (κ2) is 8.67. The molecule has 0 spiro atoms. The van der Waals surface area contributed by atoms with Gasteiger partial charge in [-0.15, -0.1) is 0 Å². The fourth-order valence-corrected chi connectivity index (χ4v) is 2.24. The van der Waals surface area contributed by atoms with Crippen LogP contribution in [0.1, 0.15) is 49.5 Å². The predicted octanol–water partition coefficient (Wildman–Crippen LogP) is 3.05. The van der Waals surface area contributed by atoms with Gasteiger partial charge in [0.05, 0.1) is 5.56 Å². The highest BCUT2D eigenvalue weighted by Crippen LogP contribution is 2.21. The molecule has 0 aliphatic heterocycles. The Labute approximate surface area is 128 Å². The molecular formula is C17H28N2O2. The number of anilines is 1. The monoisotopic (exact) mass is 292 g/mol. The van der Waals surface area contributed by atoms with Crippen LogP contribution < -0.4 is 5.32 Å². The summed E-state index contributed by atoms with van der Waals surface area (Å²) in [6.45, 7) is 9.63. The lowest BCUT2D eigenvalue weighted by Crippen LogP contribution is -2.38. The lowest BCUT2D eigenvalue weighted by molar-refractivity contribution is 0.0694. The number of rotatable bonds is 8. The molecule has 21 heavy (non-hydrogen) atoms. The third kappa shape index (κ3) is 5.05. The second-order valence-electron chi connectivity index (χ2n) is 5.65. The van der Waals surface area contributed by atoms with Gasteiger partial charge in [0, 0.05) is 31.4 Å². The maximum Gasteiger partial charge on any atom is 0.256 e. The van der Waals surface area contributed by atoms with Crippen LogP contribution in [-0.4, -0.2) is 41.7 Å². The third-order valence-corrected chi connectivity index (χ3v) is 3.41. The summed E-state index contributed by atoms with van der Waals surface area (Å²) in [4.78, 5) is 14.7. The Morgan fingerprint density at radius 3 is 2.67 bits per heavy atom. The zero-order valence-electron chi connectivity index (χ0n) is 13.6. The third-order valence-electron chi connectivity index (χ3n) is 3.41. The van der Waals surface area contributed by atoms with Gasteiger partial charge in [0.2, 0.25) is 0 Å². The maximum atomic E-state index is 12.8. The van der Waals surface area contributed by atoms with Crippen LogP contribution >= 0.6 is 0 Å². The molecule has 4 heteroatoms. The molecule has 0 fully saturated rings. The van der Waals surface area contributed by atoms with Gasteiger partial charge in [0.15, 0.2) is 0 Å². The zero-order valence-corrected chi connectivity index (χ0v) is 13.6. The van der Waals surface area contributed by atoms with Crippen molar-refractivity contribution in [2.45, 2.75) is 46.6 Å². The van der Waals surface area contributed by atoms with Gasteiger partial charge < -0.3 is 15.3 Å². The van der Waals surface area contributed by atoms with Crippen LogP contribution in [0.4, 0.5) is 5.69 Å². The molecule has 1 rings (SSSR count). The van der Waals surface area contributed by atoms with E-state index in [1.807, 2.05) is 43.9 Å². The number of nitrogens with one attached hydrogen (secondary N) is 1. The molecule has 0 aliphatic carbocycles. The molecule has 0 bridgehead atoms. The van der Waals surface area contributed by atoms with E-state index in [1.165, 1.54) is 0 Å². The minimum absolute atomic E-state index is 0.0285. The van der Waals surface area contributed by atoms with E-state index < -0.39 is 0 Å². The van der Waals surface area contributed by atoms with Gasteiger partial charge in [0.1, 0.15) is 0 Å². The first-order chi connectivity index (χ1) is 10.0. The summed E-state index contributed by atoms with van der Waals surface area (Å²) >= 11 is 0. The molecule has 1 amide bonds. The molecule has 118 valence electrons. The standard InChI is InChI=1S/C17H28N2O2/c1-5-9-18-16-8-7-14(4)12-15(16)17(21)19(13(2)3)10-6-11-20/h7-8,12-13,18,20H,5-6,9-11H2,1-4H3. The van der Waals surface area contributed by atoms with Gasteiger partial charge >= 0.3 is 0 Å². The van der Waals surface area contributed by atoms with Crippen LogP contribution in [0.15, 0.2) is 18.2 Å². The number of benzene rings is 1. The molecule has 0 saturated carbocycles. The molecule has 0 saturated heterocycles. The van der Waals surface area contributed by atoms with E-state index in [1.54, 1.807) is 0 Å². The van der Waals surface area contributed by atoms with Crippen molar-refractivity contribution in [2.24, 2.45) is 0 Å². The number of amides is 1. The van der Waals surface area contributed by atoms with Crippen molar-refractivity contribution in [2.75, 3.05) is 25.0 Å². The number of aliphatic hydroxyl groups is 1. The first kappa shape index (κ1) is 17.5. The number of nitrogens with zero attached hydrogens (tertiary/aromatic N) is 1. The molecule has 1 aromatic rings. The quantitative estimate of drug-likeness (QED) is 0.774. The van der Waals surface area contributed by atoms with Crippen molar-refractivity contribution < 1.29 is 9.90 Å². The average Bonchev–Trinajstić information content (AvgIpc) is 2.45. The first-order valence-corrected chi connectivity index (χ1v) is 7.77. The summed E-state index contributed by atoms with van der Waals surface area (Å²) in [7, 11) is 0. The lowest BCUT2D eigenvalue weighted by Gasteiger charge is -2.28. The van der Waals surface area contributed by atoms with Crippen molar-refractivity contribution in [3.05, 3.63) is 29.3 Å². The van der Waals surface area contributed by atoms with Crippen molar-refractivity contribution >= 4 is 11.6 Å². The van der Waals surface area contributed by atoms with Crippen LogP contribution in [0.25, 0.3) is 0 Å². The number of carbonyl (C=O) groups is 1. The van der Waals surface area contributed by atoms with Crippen LogP contribution in [0.2, 0.25) is 0 Å². The molecule has 1 aromatic carbocycles. The molecule has 0 aliphatic rings. The van der Waals surface area contributed by atoms with Crippen molar-refractivity contribution in [1.29, 1.82) is 0 Å². The van der Waals surface area contributed by atoms with Crippen LogP contribution in [-0.2, 0) is 0 Å². The topological polar surface area (TPSA) is 52.6 Å². The van der Waals surface area contributed by atoms with Crippen LogP contribution in [0.3, 0.4) is 0 Å². The summed E-state index contributed by atoms with van der Waals surface area (Å²) in [5.74, 6) is 0.0285. The summed E-state index contributed by atoms with van der Waals surface area (Å²) < 4.78 is 0. The minimum Gasteiger partial charge on any atom is -0.396 e. The molecule has 0 unspecified atom stereocenters. The van der Waals surface area contributed by atoms with Crippen molar-refractivity contribution in [1.82, 2.24) is 4.90 Å². The molecule has 0 heterocycles. The Hall–Kier alpha value is -1.55. The van der Waals surface area contributed by atoms with E-state index in [4.69, 9.17) is 5.11 Å². The maximum absolute atomic E-state index is 12.8. The Balaban J connectivity index is 3.04. The van der Waals surface area contributed by atoms with Gasteiger partial charge in [-0.2, -0.15) is 0 Å². The highest BCUT2D eigenvalue weighted by Gasteiger charge is 2.21. The smallest absolute Gasteiger partial charge is 0.256 e. The van der Waals surface area contributed by atoms with E-state index in [0.717, 1.165) is 29.8 Å². The van der Waals surface area contributed by atoms with E-state index in [2.05, 4.69) is 12.2 Å². The molecule has 0 atom stereocenters. The number of aryl methyl sites for hydroxylation is 1. The summed E-state index contributed by atoms with van der Waals surface area (Å²) in [6.07, 6.45) is 1.62. The highest BCUT2D eigenvalue weighted by molar-refractivity contribution is 6.00. The molecule has 0 radical (unpaired) electrons. The van der Waals surface area contributed by atoms with Gasteiger partial charge in [-0.25, -0.2) is 0 Å². The Morgan fingerprint density at radius 2 is 2.10 bits per heavy atom. The fourth-order valence-electron chi connectivity index (χ4n) is 2.24. The largest absolute Gasteiger partial charge is 0.396 e. The van der Waals surface area contributed by atoms with Gasteiger partial charge in [-0.3, -0.25) is 4.79 Å². The van der Waals surface area contributed by atoms with Crippen LogP contribution in [0.5, 0.6) is 0 Å². The number of hydrogen-bond acceptors (Lipinski definition) is 3. The molecule has 0 aromatic heterocycles. The summed E-state index contributed by atoms with van der Waals surface area (Å²) in [5.41, 5.74) is 2.68. The lowest BCUT2D eigenvalue weighted by atomic mass is 10.1. The van der Waals surface area contributed by atoms with Gasteiger partial charge in [-0.1, -0.05) is 18.6 Å². The normalized spacial score (nSPS) is 10.8. The predicted molar refractivity (Wildman–Crippen MR) is 87.8 cm³/mol. The van der Waals surface area contributed by atoms with Crippen molar-refractivity contribution in [3.8, 4) is 0 Å². The van der Waals surface area contributed by atoms with E-state index in [9.17, 15) is 4.79 Å². The molecule has 4 nitrogen and oxygen atoms in total. The molecule has 2 N–H and O–H groups in total. The number of carbonyl (C=O) groups excluding carboxylic acids is 1. The summed E-state index contributed by atoms with van der Waals surface area (Å²) in [5, 5.41) is 12.3.